The van der Waals surface area contributed by atoms with Crippen molar-refractivity contribution in [3.63, 3.8) is 0 Å². The molecule has 0 aliphatic heterocycles. The number of rotatable bonds is 10. The van der Waals surface area contributed by atoms with Crippen LogP contribution in [0.2, 0.25) is 0 Å². The topological polar surface area (TPSA) is 190 Å². The average molecular weight is 556 g/mol. The Balaban J connectivity index is 1.86. The third kappa shape index (κ3) is 7.53. The van der Waals surface area contributed by atoms with Gasteiger partial charge in [0, 0.05) is 24.3 Å². The minimum Gasteiger partial charge on any atom is -0.426 e. The summed E-state index contributed by atoms with van der Waals surface area (Å²) >= 11 is 0. The highest BCUT2D eigenvalue weighted by molar-refractivity contribution is 6.06. The van der Waals surface area contributed by atoms with E-state index in [4.69, 9.17) is 10.5 Å². The number of carbonyl (C=O) groups excluding carboxylic acids is 4. The molecule has 1 aliphatic carbocycles. The molecular weight excluding hydrogens is 520 g/mol. The van der Waals surface area contributed by atoms with Crippen molar-refractivity contribution in [3.8, 4) is 0 Å². The number of hydrogen-bond acceptors (Lipinski definition) is 8. The number of aryl methyl sites for hydroxylation is 1. The number of nitrogens with zero attached hydrogens (tertiary/aromatic N) is 2. The zero-order valence-corrected chi connectivity index (χ0v) is 22.9. The lowest BCUT2D eigenvalue weighted by atomic mass is 10.1. The average Bonchev–Trinajstić information content (AvgIpc) is 3.65. The fourth-order valence-electron chi connectivity index (χ4n) is 3.67. The van der Waals surface area contributed by atoms with Crippen molar-refractivity contribution in [1.29, 1.82) is 0 Å². The molecule has 13 heteroatoms. The third-order valence-corrected chi connectivity index (χ3v) is 6.08. The van der Waals surface area contributed by atoms with E-state index in [-0.39, 0.29) is 29.9 Å². The molecule has 0 bridgehead atoms. The van der Waals surface area contributed by atoms with Gasteiger partial charge in [-0.05, 0) is 63.3 Å². The van der Waals surface area contributed by atoms with Crippen LogP contribution in [0.3, 0.4) is 0 Å². The van der Waals surface area contributed by atoms with E-state index in [2.05, 4.69) is 25.0 Å². The third-order valence-electron chi connectivity index (χ3n) is 6.08. The molecule has 214 valence electrons. The summed E-state index contributed by atoms with van der Waals surface area (Å²) in [7, 11) is 0. The number of aromatic amines is 1. The van der Waals surface area contributed by atoms with Crippen LogP contribution < -0.4 is 16.0 Å². The highest BCUT2D eigenvalue weighted by Gasteiger charge is 2.29. The van der Waals surface area contributed by atoms with E-state index in [0.29, 0.717) is 28.9 Å². The van der Waals surface area contributed by atoms with Crippen LogP contribution in [0, 0.1) is 13.8 Å². The van der Waals surface area contributed by atoms with Crippen LogP contribution in [0.15, 0.2) is 29.4 Å². The van der Waals surface area contributed by atoms with Crippen LogP contribution in [-0.2, 0) is 14.3 Å². The van der Waals surface area contributed by atoms with Crippen molar-refractivity contribution < 1.29 is 38.8 Å². The maximum absolute atomic E-state index is 13.3. The summed E-state index contributed by atoms with van der Waals surface area (Å²) < 4.78 is 9.56. The molecule has 1 unspecified atom stereocenters. The molecule has 0 radical (unpaired) electrons. The number of aliphatic hydroxyl groups is 1. The predicted octanol–water partition coefficient (Wildman–Crippen LogP) is 0.540. The summed E-state index contributed by atoms with van der Waals surface area (Å²) in [6.45, 7) is 5.82. The number of benzene rings is 1. The number of aliphatic hydroxyl groups excluding tert-OH is 1. The summed E-state index contributed by atoms with van der Waals surface area (Å²) in [5, 5.41) is 12.1. The Hall–Kier alpha value is -4.52. The Kier molecular flexibility index (Phi) is 10.1. The van der Waals surface area contributed by atoms with Gasteiger partial charge in [-0.1, -0.05) is 13.0 Å². The summed E-state index contributed by atoms with van der Waals surface area (Å²) in [5.41, 5.74) is 8.56. The van der Waals surface area contributed by atoms with Crippen LogP contribution in [0.4, 0.5) is 10.5 Å². The van der Waals surface area contributed by atoms with E-state index in [1.807, 2.05) is 6.92 Å². The number of amidine groups is 1. The van der Waals surface area contributed by atoms with Crippen molar-refractivity contribution in [2.45, 2.75) is 59.1 Å². The van der Waals surface area contributed by atoms with E-state index in [1.54, 1.807) is 32.0 Å². The van der Waals surface area contributed by atoms with E-state index in [9.17, 15) is 24.3 Å². The molecular formula is C27H35N6O7+. The summed E-state index contributed by atoms with van der Waals surface area (Å²) in [6.07, 6.45) is 2.64. The van der Waals surface area contributed by atoms with Crippen molar-refractivity contribution in [2.24, 2.45) is 10.7 Å². The predicted molar refractivity (Wildman–Crippen MR) is 145 cm³/mol. The second kappa shape index (κ2) is 13.5. The van der Waals surface area contributed by atoms with Gasteiger partial charge in [0.05, 0.1) is 5.56 Å². The van der Waals surface area contributed by atoms with Crippen molar-refractivity contribution in [3.05, 3.63) is 52.3 Å². The number of hydrogen-bond donors (Lipinski definition) is 5. The highest BCUT2D eigenvalue weighted by Crippen LogP contribution is 2.24. The smallest absolute Gasteiger partial charge is 0.419 e. The molecule has 1 heterocycles. The minimum absolute atomic E-state index is 0.0483. The van der Waals surface area contributed by atoms with Crippen LogP contribution in [-0.4, -0.2) is 76.5 Å². The Labute approximate surface area is 231 Å². The number of imide groups is 1. The second-order valence-corrected chi connectivity index (χ2v) is 9.35. The fraction of sp³-hybridized carbons (Fsp3) is 0.407. The Morgan fingerprint density at radius 1 is 1.27 bits per heavy atom. The summed E-state index contributed by atoms with van der Waals surface area (Å²) in [5.74, 6) is -1.49. The molecule has 3 rings (SSSR count). The molecule has 1 fully saturated rings. The van der Waals surface area contributed by atoms with Gasteiger partial charge in [-0.2, -0.15) is 0 Å². The van der Waals surface area contributed by atoms with Crippen molar-refractivity contribution in [2.75, 3.05) is 13.3 Å². The molecule has 1 aromatic heterocycles. The SMILES string of the molecule is CCCN(C(=O)OCOC(=O)C(C)O)C(=O)c1c[nH]c(C(=Nc2cc(C(=O)NC3CC3)ccc2C)[NH+]=CN)c1C. The molecule has 1 atom stereocenters. The van der Waals surface area contributed by atoms with Crippen LogP contribution in [0.1, 0.15) is 70.6 Å². The number of nitrogens with two attached hydrogens (primary N) is 1. The Morgan fingerprint density at radius 3 is 2.62 bits per heavy atom. The maximum atomic E-state index is 13.3. The number of aliphatic imine (C=N–C) groups is 1. The van der Waals surface area contributed by atoms with Gasteiger partial charge < -0.3 is 30.6 Å². The first-order valence-electron chi connectivity index (χ1n) is 12.9. The quantitative estimate of drug-likeness (QED) is 0.121. The number of carbonyl (C=O) groups is 4. The molecule has 0 spiro atoms. The highest BCUT2D eigenvalue weighted by atomic mass is 16.7. The number of esters is 1. The van der Waals surface area contributed by atoms with E-state index in [0.717, 1.165) is 23.3 Å². The summed E-state index contributed by atoms with van der Waals surface area (Å²) in [4.78, 5) is 61.3. The Morgan fingerprint density at radius 2 is 2.00 bits per heavy atom. The fourth-order valence-corrected chi connectivity index (χ4v) is 3.67. The normalized spacial score (nSPS) is 14.1. The first-order valence-corrected chi connectivity index (χ1v) is 12.9. The van der Waals surface area contributed by atoms with Crippen LogP contribution >= 0.6 is 0 Å². The number of nitrogens with one attached hydrogen (secondary N) is 3. The monoisotopic (exact) mass is 555 g/mol. The largest absolute Gasteiger partial charge is 0.426 e. The van der Waals surface area contributed by atoms with Gasteiger partial charge in [0.1, 0.15) is 17.5 Å². The lowest BCUT2D eigenvalue weighted by Crippen LogP contribution is -2.75. The number of amides is 3. The van der Waals surface area contributed by atoms with Gasteiger partial charge in [0.15, 0.2) is 6.34 Å². The molecule has 6 N–H and O–H groups in total. The van der Waals surface area contributed by atoms with Gasteiger partial charge in [-0.15, -0.1) is 4.99 Å². The Bertz CT molecular complexity index is 1330. The van der Waals surface area contributed by atoms with Gasteiger partial charge in [-0.25, -0.2) is 19.5 Å². The van der Waals surface area contributed by atoms with Crippen LogP contribution in [0.25, 0.3) is 0 Å². The van der Waals surface area contributed by atoms with Crippen LogP contribution in [0.5, 0.6) is 0 Å². The van der Waals surface area contributed by atoms with Gasteiger partial charge in [0.2, 0.25) is 6.79 Å². The molecule has 40 heavy (non-hydrogen) atoms. The van der Waals surface area contributed by atoms with E-state index < -0.39 is 30.9 Å². The minimum atomic E-state index is -1.38. The first kappa shape index (κ1) is 30.0. The molecule has 1 aromatic carbocycles. The molecule has 3 amide bonds. The molecule has 2 aromatic rings. The van der Waals surface area contributed by atoms with Gasteiger partial charge >= 0.3 is 12.1 Å². The maximum Gasteiger partial charge on any atom is 0.419 e. The lowest BCUT2D eigenvalue weighted by Gasteiger charge is -2.19. The molecule has 1 saturated carbocycles. The van der Waals surface area contributed by atoms with Crippen molar-refractivity contribution >= 4 is 41.7 Å². The second-order valence-electron chi connectivity index (χ2n) is 9.35. The standard InChI is InChI=1S/C27H34N6O7/c1-5-10-33(27(38)40-14-39-26(37)17(4)34)25(36)20-12-29-22(16(20)3)23(30-13-28)32-21-11-18(7-6-15(21)2)24(35)31-19-8-9-19/h6-7,11-13,17,19,29,34H,5,8-10,14H2,1-4H3,(H,31,35)(H2,28,30,32)/p+1. The van der Waals surface area contributed by atoms with E-state index >= 15 is 0 Å². The van der Waals surface area contributed by atoms with Gasteiger partial charge in [0.25, 0.3) is 17.6 Å². The number of ether oxygens (including phenoxy) is 2. The number of aromatic nitrogens is 1. The molecule has 1 aliphatic rings. The van der Waals surface area contributed by atoms with E-state index in [1.165, 1.54) is 19.5 Å². The van der Waals surface area contributed by atoms with Crippen molar-refractivity contribution in [1.82, 2.24) is 15.2 Å². The van der Waals surface area contributed by atoms with Gasteiger partial charge in [-0.3, -0.25) is 9.59 Å². The zero-order valence-electron chi connectivity index (χ0n) is 22.9. The lowest BCUT2D eigenvalue weighted by molar-refractivity contribution is -0.309. The number of H-pyrrole nitrogens is 1. The molecule has 13 nitrogen and oxygen atoms in total. The first-order chi connectivity index (χ1) is 19.1. The molecule has 0 saturated heterocycles. The summed E-state index contributed by atoms with van der Waals surface area (Å²) in [6, 6.07) is 5.43. The zero-order chi connectivity index (χ0) is 29.4.